The molecule has 0 bridgehead atoms. The molecule has 0 radical (unpaired) electrons. The van der Waals surface area contributed by atoms with Crippen LogP contribution in [0.15, 0.2) is 47.3 Å². The van der Waals surface area contributed by atoms with Gasteiger partial charge < -0.3 is 5.32 Å². The molecule has 27 heavy (non-hydrogen) atoms. The molecule has 0 aliphatic rings. The van der Waals surface area contributed by atoms with Gasteiger partial charge in [-0.05, 0) is 62.4 Å². The molecule has 140 valence electrons. The van der Waals surface area contributed by atoms with E-state index < -0.39 is 6.04 Å². The molecule has 1 N–H and O–H groups in total. The number of nitrogens with zero attached hydrogens (tertiary/aromatic N) is 1. The van der Waals surface area contributed by atoms with Crippen LogP contribution in [0.25, 0.3) is 10.9 Å². The molecule has 0 saturated carbocycles. The number of hydrogen-bond donors (Lipinski definition) is 1. The molecule has 1 atom stereocenters. The number of fused-ring (bicyclic) bond motifs is 1. The van der Waals surface area contributed by atoms with Gasteiger partial charge in [0, 0.05) is 17.1 Å². The zero-order valence-electron chi connectivity index (χ0n) is 16.6. The highest BCUT2D eigenvalue weighted by Crippen LogP contribution is 2.25. The summed E-state index contributed by atoms with van der Waals surface area (Å²) in [6, 6.07) is 13.0. The first-order valence-corrected chi connectivity index (χ1v) is 9.33. The Bertz CT molecular complexity index is 1080. The third-order valence-electron chi connectivity index (χ3n) is 5.13. The summed E-state index contributed by atoms with van der Waals surface area (Å²) in [4.78, 5) is 26.0. The van der Waals surface area contributed by atoms with Crippen LogP contribution >= 0.6 is 0 Å². The molecule has 1 amide bonds. The van der Waals surface area contributed by atoms with Crippen LogP contribution in [-0.2, 0) is 4.79 Å². The molecule has 2 aromatic carbocycles. The van der Waals surface area contributed by atoms with Crippen molar-refractivity contribution >= 4 is 22.5 Å². The lowest BCUT2D eigenvalue weighted by molar-refractivity contribution is -0.119. The normalized spacial score (nSPS) is 12.2. The minimum Gasteiger partial charge on any atom is -0.324 e. The molecule has 1 heterocycles. The number of carbonyl (C=O) groups excluding carboxylic acids is 1. The molecule has 0 spiro atoms. The summed E-state index contributed by atoms with van der Waals surface area (Å²) >= 11 is 0. The van der Waals surface area contributed by atoms with E-state index in [1.807, 2.05) is 71.0 Å². The second-order valence-corrected chi connectivity index (χ2v) is 7.24. The van der Waals surface area contributed by atoms with E-state index in [1.165, 1.54) is 0 Å². The standard InChI is InChI=1S/C23H26N2O2/c1-6-20(23(27)24-19-12-14(2)10-11-15(19)3)25-21(26)13-17(5)18-9-7-8-16(4)22(18)25/h7-13,20H,6H2,1-5H3,(H,24,27). The Morgan fingerprint density at radius 3 is 2.44 bits per heavy atom. The largest absolute Gasteiger partial charge is 0.324 e. The lowest BCUT2D eigenvalue weighted by Crippen LogP contribution is -2.33. The third kappa shape index (κ3) is 3.52. The number of aryl methyl sites for hydroxylation is 4. The van der Waals surface area contributed by atoms with E-state index in [9.17, 15) is 9.59 Å². The van der Waals surface area contributed by atoms with Crippen LogP contribution in [0.5, 0.6) is 0 Å². The molecule has 0 fully saturated rings. The van der Waals surface area contributed by atoms with Gasteiger partial charge in [-0.2, -0.15) is 0 Å². The van der Waals surface area contributed by atoms with Crippen molar-refractivity contribution in [2.24, 2.45) is 0 Å². The fraction of sp³-hybridized carbons (Fsp3) is 0.304. The number of pyridine rings is 1. The second-order valence-electron chi connectivity index (χ2n) is 7.24. The molecule has 0 aliphatic heterocycles. The van der Waals surface area contributed by atoms with Crippen LogP contribution in [0.4, 0.5) is 5.69 Å². The Hall–Kier alpha value is -2.88. The fourth-order valence-electron chi connectivity index (χ4n) is 3.62. The van der Waals surface area contributed by atoms with Crippen LogP contribution in [0, 0.1) is 27.7 Å². The van der Waals surface area contributed by atoms with Crippen molar-refractivity contribution in [3.63, 3.8) is 0 Å². The highest BCUT2D eigenvalue weighted by molar-refractivity contribution is 5.96. The number of amides is 1. The van der Waals surface area contributed by atoms with Gasteiger partial charge in [0.25, 0.3) is 5.56 Å². The molecular weight excluding hydrogens is 336 g/mol. The average Bonchev–Trinajstić information content (AvgIpc) is 2.62. The van der Waals surface area contributed by atoms with Gasteiger partial charge in [-0.1, -0.05) is 37.3 Å². The van der Waals surface area contributed by atoms with Gasteiger partial charge in [0.15, 0.2) is 0 Å². The lowest BCUT2D eigenvalue weighted by atomic mass is 10.0. The first kappa shape index (κ1) is 18.9. The number of nitrogens with one attached hydrogen (secondary N) is 1. The van der Waals surface area contributed by atoms with Crippen LogP contribution in [0.2, 0.25) is 0 Å². The van der Waals surface area contributed by atoms with Gasteiger partial charge in [0.1, 0.15) is 6.04 Å². The first-order chi connectivity index (χ1) is 12.8. The summed E-state index contributed by atoms with van der Waals surface area (Å²) < 4.78 is 1.65. The zero-order valence-corrected chi connectivity index (χ0v) is 16.6. The van der Waals surface area contributed by atoms with Crippen molar-refractivity contribution < 1.29 is 4.79 Å². The Morgan fingerprint density at radius 1 is 1.00 bits per heavy atom. The summed E-state index contributed by atoms with van der Waals surface area (Å²) in [5, 5.41) is 4.03. The number of carbonyl (C=O) groups is 1. The molecule has 0 aliphatic carbocycles. The molecule has 3 rings (SSSR count). The topological polar surface area (TPSA) is 51.1 Å². The van der Waals surface area contributed by atoms with E-state index in [0.29, 0.717) is 6.42 Å². The van der Waals surface area contributed by atoms with Crippen LogP contribution in [-0.4, -0.2) is 10.5 Å². The average molecular weight is 362 g/mol. The Morgan fingerprint density at radius 2 is 1.74 bits per heavy atom. The maximum Gasteiger partial charge on any atom is 0.252 e. The van der Waals surface area contributed by atoms with E-state index in [0.717, 1.165) is 38.8 Å². The molecule has 3 aromatic rings. The Balaban J connectivity index is 2.12. The highest BCUT2D eigenvalue weighted by Gasteiger charge is 2.23. The fourth-order valence-corrected chi connectivity index (χ4v) is 3.62. The minimum absolute atomic E-state index is 0.141. The van der Waals surface area contributed by atoms with Gasteiger partial charge in [-0.3, -0.25) is 14.2 Å². The predicted octanol–water partition coefficient (Wildman–Crippen LogP) is 4.82. The van der Waals surface area contributed by atoms with Gasteiger partial charge >= 0.3 is 0 Å². The number of rotatable bonds is 4. The molecular formula is C23H26N2O2. The van der Waals surface area contributed by atoms with Crippen LogP contribution in [0.1, 0.15) is 41.6 Å². The molecule has 1 unspecified atom stereocenters. The number of hydrogen-bond acceptors (Lipinski definition) is 2. The quantitative estimate of drug-likeness (QED) is 0.723. The molecule has 1 aromatic heterocycles. The van der Waals surface area contributed by atoms with Gasteiger partial charge in [0.05, 0.1) is 5.52 Å². The van der Waals surface area contributed by atoms with Crippen molar-refractivity contribution in [1.29, 1.82) is 0 Å². The molecule has 4 heteroatoms. The summed E-state index contributed by atoms with van der Waals surface area (Å²) in [7, 11) is 0. The molecule has 0 saturated heterocycles. The summed E-state index contributed by atoms with van der Waals surface area (Å²) in [5.74, 6) is -0.165. The van der Waals surface area contributed by atoms with Crippen molar-refractivity contribution in [2.45, 2.75) is 47.1 Å². The van der Waals surface area contributed by atoms with Crippen molar-refractivity contribution in [1.82, 2.24) is 4.57 Å². The Labute approximate surface area is 159 Å². The number of aromatic nitrogens is 1. The maximum atomic E-state index is 13.1. The number of benzene rings is 2. The predicted molar refractivity (Wildman–Crippen MR) is 112 cm³/mol. The SMILES string of the molecule is CCC(C(=O)Nc1cc(C)ccc1C)n1c(=O)cc(C)c2cccc(C)c21. The summed E-state index contributed by atoms with van der Waals surface area (Å²) in [6.07, 6.45) is 0.531. The Kier molecular flexibility index (Phi) is 5.17. The number of para-hydroxylation sites is 1. The van der Waals surface area contributed by atoms with Gasteiger partial charge in [-0.25, -0.2) is 0 Å². The highest BCUT2D eigenvalue weighted by atomic mass is 16.2. The summed E-state index contributed by atoms with van der Waals surface area (Å²) in [6.45, 7) is 9.81. The van der Waals surface area contributed by atoms with Crippen LogP contribution < -0.4 is 10.9 Å². The lowest BCUT2D eigenvalue weighted by Gasteiger charge is -2.22. The minimum atomic E-state index is -0.568. The molecule has 4 nitrogen and oxygen atoms in total. The van der Waals surface area contributed by atoms with E-state index in [4.69, 9.17) is 0 Å². The van der Waals surface area contributed by atoms with E-state index in [-0.39, 0.29) is 11.5 Å². The zero-order chi connectivity index (χ0) is 19.7. The van der Waals surface area contributed by atoms with E-state index in [2.05, 4.69) is 5.32 Å². The first-order valence-electron chi connectivity index (χ1n) is 9.33. The maximum absolute atomic E-state index is 13.1. The van der Waals surface area contributed by atoms with Gasteiger partial charge in [0.2, 0.25) is 5.91 Å². The monoisotopic (exact) mass is 362 g/mol. The smallest absolute Gasteiger partial charge is 0.252 e. The van der Waals surface area contributed by atoms with Gasteiger partial charge in [-0.15, -0.1) is 0 Å². The van der Waals surface area contributed by atoms with Crippen molar-refractivity contribution in [3.8, 4) is 0 Å². The second kappa shape index (κ2) is 7.39. The third-order valence-corrected chi connectivity index (χ3v) is 5.13. The van der Waals surface area contributed by atoms with E-state index in [1.54, 1.807) is 10.6 Å². The van der Waals surface area contributed by atoms with Crippen LogP contribution in [0.3, 0.4) is 0 Å². The van der Waals surface area contributed by atoms with Crippen molar-refractivity contribution in [2.75, 3.05) is 5.32 Å². The van der Waals surface area contributed by atoms with Crippen molar-refractivity contribution in [3.05, 3.63) is 75.1 Å². The number of anilines is 1. The summed E-state index contributed by atoms with van der Waals surface area (Å²) in [5.41, 5.74) is 5.49. The van der Waals surface area contributed by atoms with E-state index >= 15 is 0 Å².